The molecule has 17 heteroatoms. The Morgan fingerprint density at radius 2 is 1.75 bits per heavy atom. The molecule has 0 bridgehead atoms. The maximum absolute atomic E-state index is 13.8. The zero-order chi connectivity index (χ0) is 46.8. The number of imide groups is 1. The molecule has 4 aromatic rings. The Kier molecular flexibility index (Phi) is 16.1. The number of ether oxygens (including phenoxy) is 2. The third kappa shape index (κ3) is 11.0. The SMILES string of the molecule is C/C=C\C1=C(C)C(=O)N(CCC(=O)N2CCN(CCN=Cc3c(N)cccc3-c3cccc(OC4CC(C(=O)OC)N(C(=O)c5cnn(-c6ccc(F)cc6Cl)c5)C4)c3)CC2)C1=O.CC. The van der Waals surface area contributed by atoms with Crippen molar-refractivity contribution in [3.05, 3.63) is 118 Å². The van der Waals surface area contributed by atoms with Crippen LogP contribution in [0.5, 0.6) is 5.75 Å². The lowest BCUT2D eigenvalue weighted by Crippen LogP contribution is -2.49. The molecule has 2 fully saturated rings. The quantitative estimate of drug-likeness (QED) is 0.0686. The molecule has 342 valence electrons. The average Bonchev–Trinajstić information content (AvgIpc) is 4.02. The van der Waals surface area contributed by atoms with E-state index in [1.807, 2.05) is 50.2 Å². The molecule has 15 nitrogen and oxygen atoms in total. The number of hydrogen-bond donors (Lipinski definition) is 1. The number of likely N-dealkylation sites (tertiary alicyclic amines) is 1. The van der Waals surface area contributed by atoms with Crippen LogP contribution in [0.1, 0.15) is 56.5 Å². The molecule has 0 aliphatic carbocycles. The van der Waals surface area contributed by atoms with Crippen LogP contribution < -0.4 is 10.5 Å². The number of rotatable bonds is 14. The topological polar surface area (TPSA) is 173 Å². The van der Waals surface area contributed by atoms with Crippen molar-refractivity contribution in [2.24, 2.45) is 4.99 Å². The Morgan fingerprint density at radius 1 is 1.00 bits per heavy atom. The molecular formula is C48H54ClFN8O7. The van der Waals surface area contributed by atoms with E-state index in [9.17, 15) is 28.4 Å². The van der Waals surface area contributed by atoms with Crippen molar-refractivity contribution in [3.8, 4) is 22.6 Å². The van der Waals surface area contributed by atoms with E-state index in [0.717, 1.165) is 27.7 Å². The fraction of sp³-hybridized carbons (Fsp3) is 0.354. The fourth-order valence-corrected chi connectivity index (χ4v) is 8.25. The second kappa shape index (κ2) is 21.8. The number of anilines is 1. The summed E-state index contributed by atoms with van der Waals surface area (Å²) in [4.78, 5) is 76.2. The number of esters is 1. The largest absolute Gasteiger partial charge is 0.488 e. The fourth-order valence-electron chi connectivity index (χ4n) is 8.00. The number of halogens is 2. The van der Waals surface area contributed by atoms with Gasteiger partial charge in [-0.3, -0.25) is 34.0 Å². The van der Waals surface area contributed by atoms with E-state index >= 15 is 0 Å². The number of benzene rings is 3. The highest BCUT2D eigenvalue weighted by Crippen LogP contribution is 2.32. The van der Waals surface area contributed by atoms with Gasteiger partial charge >= 0.3 is 5.97 Å². The molecule has 1 aromatic heterocycles. The number of piperazine rings is 1. The summed E-state index contributed by atoms with van der Waals surface area (Å²) in [6, 6.07) is 16.0. The van der Waals surface area contributed by atoms with E-state index in [0.29, 0.717) is 67.5 Å². The lowest BCUT2D eigenvalue weighted by molar-refractivity contribution is -0.145. The van der Waals surface area contributed by atoms with Crippen molar-refractivity contribution in [2.45, 2.75) is 52.7 Å². The van der Waals surface area contributed by atoms with Crippen LogP contribution in [0.15, 0.2) is 101 Å². The van der Waals surface area contributed by atoms with Gasteiger partial charge in [-0.15, -0.1) is 0 Å². The summed E-state index contributed by atoms with van der Waals surface area (Å²) in [7, 11) is 1.27. The first-order valence-corrected chi connectivity index (χ1v) is 22.0. The summed E-state index contributed by atoms with van der Waals surface area (Å²) in [6.45, 7) is 11.2. The van der Waals surface area contributed by atoms with Crippen LogP contribution in [0.25, 0.3) is 16.8 Å². The molecule has 0 spiro atoms. The molecule has 2 N–H and O–H groups in total. The standard InChI is InChI=1S/C46H48ClFN8O7.C2H6/c1-4-7-35-29(2)43(58)54(45(35)60)16-14-42(57)53-20-18-52(19-21-53)17-15-50-26-37-36(10-6-11-39(37)49)30-8-5-9-33(22-30)63-34-24-41(46(61)62-3)55(28-34)44(59)31-25-51-56(27-31)40-13-12-32(48)23-38(40)47;1-2/h4-13,22-23,25-27,34,41H,14-21,24,28,49H2,1-3H3;1-2H3/b7-4-,50-26?;. The first-order valence-electron chi connectivity index (χ1n) is 21.6. The maximum atomic E-state index is 13.8. The third-order valence-electron chi connectivity index (χ3n) is 11.4. The number of amides is 4. The number of nitrogens with two attached hydrogens (primary N) is 1. The predicted molar refractivity (Wildman–Crippen MR) is 246 cm³/mol. The van der Waals surface area contributed by atoms with Gasteiger partial charge in [0, 0.05) is 86.9 Å². The lowest BCUT2D eigenvalue weighted by atomic mass is 9.98. The molecule has 0 saturated carbocycles. The van der Waals surface area contributed by atoms with Crippen LogP contribution >= 0.6 is 11.6 Å². The van der Waals surface area contributed by atoms with Gasteiger partial charge in [-0.1, -0.05) is 61.9 Å². The number of carbonyl (C=O) groups excluding carboxylic acids is 5. The molecular weight excluding hydrogens is 855 g/mol. The smallest absolute Gasteiger partial charge is 0.328 e. The van der Waals surface area contributed by atoms with Gasteiger partial charge < -0.3 is 25.0 Å². The van der Waals surface area contributed by atoms with Gasteiger partial charge in [0.15, 0.2) is 0 Å². The van der Waals surface area contributed by atoms with Gasteiger partial charge in [-0.25, -0.2) is 13.9 Å². The third-order valence-corrected chi connectivity index (χ3v) is 11.7. The summed E-state index contributed by atoms with van der Waals surface area (Å²) >= 11 is 6.22. The number of allylic oxidation sites excluding steroid dienone is 1. The molecule has 4 heterocycles. The number of aliphatic imine (C=N–C) groups is 1. The van der Waals surface area contributed by atoms with Crippen molar-refractivity contribution < 1.29 is 37.8 Å². The van der Waals surface area contributed by atoms with Crippen LogP contribution in [0.3, 0.4) is 0 Å². The first kappa shape index (κ1) is 47.8. The minimum atomic E-state index is -0.901. The van der Waals surface area contributed by atoms with Crippen LogP contribution in [-0.4, -0.2) is 137 Å². The maximum Gasteiger partial charge on any atom is 0.328 e. The molecule has 3 aliphatic rings. The van der Waals surface area contributed by atoms with Crippen molar-refractivity contribution >= 4 is 53.1 Å². The summed E-state index contributed by atoms with van der Waals surface area (Å²) < 4.78 is 26.5. The van der Waals surface area contributed by atoms with Crippen molar-refractivity contribution in [2.75, 3.05) is 65.2 Å². The van der Waals surface area contributed by atoms with Gasteiger partial charge in [0.05, 0.1) is 42.7 Å². The van der Waals surface area contributed by atoms with Gasteiger partial charge in [0.25, 0.3) is 17.7 Å². The first-order chi connectivity index (χ1) is 31.4. The van der Waals surface area contributed by atoms with Crippen molar-refractivity contribution in [1.82, 2.24) is 29.4 Å². The molecule has 3 aliphatic heterocycles. The number of aromatic nitrogens is 2. The Bertz CT molecular complexity index is 2510. The molecule has 2 saturated heterocycles. The average molecular weight is 909 g/mol. The van der Waals surface area contributed by atoms with E-state index in [1.54, 1.807) is 43.2 Å². The predicted octanol–water partition coefficient (Wildman–Crippen LogP) is 5.99. The van der Waals surface area contributed by atoms with Gasteiger partial charge in [-0.05, 0) is 61.4 Å². The van der Waals surface area contributed by atoms with E-state index < -0.39 is 29.8 Å². The number of hydrogen-bond acceptors (Lipinski definition) is 11. The molecule has 4 amide bonds. The highest BCUT2D eigenvalue weighted by Gasteiger charge is 2.42. The van der Waals surface area contributed by atoms with Crippen LogP contribution in [0.2, 0.25) is 5.02 Å². The summed E-state index contributed by atoms with van der Waals surface area (Å²) in [5.41, 5.74) is 10.8. The number of methoxy groups -OCH3 is 1. The molecule has 2 atom stereocenters. The monoisotopic (exact) mass is 908 g/mol. The molecule has 7 rings (SSSR count). The Hall–Kier alpha value is -6.65. The van der Waals surface area contributed by atoms with Crippen LogP contribution in [0.4, 0.5) is 10.1 Å². The molecule has 3 aromatic carbocycles. The summed E-state index contributed by atoms with van der Waals surface area (Å²) in [6.07, 6.45) is 7.68. The Labute approximate surface area is 382 Å². The van der Waals surface area contributed by atoms with Gasteiger partial charge in [-0.2, -0.15) is 5.10 Å². The number of nitrogens with zero attached hydrogens (tertiary/aromatic N) is 7. The highest BCUT2D eigenvalue weighted by atomic mass is 35.5. The van der Waals surface area contributed by atoms with Gasteiger partial charge in [0.2, 0.25) is 5.91 Å². The van der Waals surface area contributed by atoms with Crippen molar-refractivity contribution in [1.29, 1.82) is 0 Å². The number of nitrogen functional groups attached to an aromatic ring is 1. The normalized spacial score (nSPS) is 17.9. The summed E-state index contributed by atoms with van der Waals surface area (Å²) in [5.74, 6) is -1.80. The van der Waals surface area contributed by atoms with E-state index in [2.05, 4.69) is 10.00 Å². The molecule has 65 heavy (non-hydrogen) atoms. The Balaban J connectivity index is 0.00000345. The second-order valence-electron chi connectivity index (χ2n) is 15.4. The van der Waals surface area contributed by atoms with Crippen molar-refractivity contribution in [3.63, 3.8) is 0 Å². The minimum absolute atomic E-state index is 0.0542. The summed E-state index contributed by atoms with van der Waals surface area (Å²) in [5, 5.41) is 4.36. The minimum Gasteiger partial charge on any atom is -0.488 e. The highest BCUT2D eigenvalue weighted by molar-refractivity contribution is 6.32. The van der Waals surface area contributed by atoms with E-state index in [4.69, 9.17) is 31.8 Å². The van der Waals surface area contributed by atoms with Gasteiger partial charge in [0.1, 0.15) is 23.7 Å². The Morgan fingerprint density at radius 3 is 2.48 bits per heavy atom. The molecule has 0 radical (unpaired) electrons. The second-order valence-corrected chi connectivity index (χ2v) is 15.8. The van der Waals surface area contributed by atoms with E-state index in [1.165, 1.54) is 41.2 Å². The van der Waals surface area contributed by atoms with E-state index in [-0.39, 0.29) is 54.2 Å². The number of carbonyl (C=O) groups is 5. The lowest BCUT2D eigenvalue weighted by Gasteiger charge is -2.34. The van der Waals surface area contributed by atoms with Crippen LogP contribution in [-0.2, 0) is 23.9 Å². The molecule has 2 unspecified atom stereocenters. The van der Waals surface area contributed by atoms with Crippen LogP contribution in [0, 0.1) is 5.82 Å². The zero-order valence-corrected chi connectivity index (χ0v) is 38.0. The zero-order valence-electron chi connectivity index (χ0n) is 37.2.